The summed E-state index contributed by atoms with van der Waals surface area (Å²) in [5, 5.41) is 3.64. The van der Waals surface area contributed by atoms with Crippen LogP contribution in [0, 0.1) is 6.92 Å². The number of likely N-dealkylation sites (N-methyl/N-ethyl adjacent to an activating group) is 1. The lowest BCUT2D eigenvalue weighted by Gasteiger charge is -2.30. The van der Waals surface area contributed by atoms with Gasteiger partial charge in [-0.3, -0.25) is 0 Å². The lowest BCUT2D eigenvalue weighted by Crippen LogP contribution is -2.47. The number of nitrogens with two attached hydrogens (primary N) is 1. The Kier molecular flexibility index (Phi) is 3.17. The zero-order valence-electron chi connectivity index (χ0n) is 10.2. The monoisotopic (exact) mass is 219 g/mol. The van der Waals surface area contributed by atoms with Gasteiger partial charge in [-0.2, -0.15) is 0 Å². The smallest absolute Gasteiger partial charge is 0.0634 e. The van der Waals surface area contributed by atoms with Crippen molar-refractivity contribution in [3.8, 4) is 0 Å². The first-order chi connectivity index (χ1) is 7.65. The van der Waals surface area contributed by atoms with Crippen LogP contribution in [-0.4, -0.2) is 37.1 Å². The van der Waals surface area contributed by atoms with Gasteiger partial charge in [0.05, 0.1) is 5.54 Å². The Balaban J connectivity index is 2.16. The summed E-state index contributed by atoms with van der Waals surface area (Å²) in [5.41, 5.74) is 8.49. The SMILES string of the molecule is Cc1ccccc1NC1(CN)CCN(C)C1. The van der Waals surface area contributed by atoms with Crippen LogP contribution in [0.3, 0.4) is 0 Å². The Bertz CT molecular complexity index is 364. The highest BCUT2D eigenvalue weighted by molar-refractivity contribution is 5.52. The molecule has 1 atom stereocenters. The minimum atomic E-state index is 0.0564. The average Bonchev–Trinajstić information content (AvgIpc) is 2.65. The van der Waals surface area contributed by atoms with Crippen LogP contribution in [0.5, 0.6) is 0 Å². The summed E-state index contributed by atoms with van der Waals surface area (Å²) < 4.78 is 0. The summed E-state index contributed by atoms with van der Waals surface area (Å²) in [5.74, 6) is 0. The van der Waals surface area contributed by atoms with Crippen LogP contribution >= 0.6 is 0 Å². The van der Waals surface area contributed by atoms with Crippen molar-refractivity contribution >= 4 is 5.69 Å². The topological polar surface area (TPSA) is 41.3 Å². The molecule has 16 heavy (non-hydrogen) atoms. The molecular weight excluding hydrogens is 198 g/mol. The van der Waals surface area contributed by atoms with Gasteiger partial charge in [-0.05, 0) is 32.0 Å². The van der Waals surface area contributed by atoms with E-state index in [2.05, 4.69) is 48.5 Å². The van der Waals surface area contributed by atoms with Crippen molar-refractivity contribution in [1.29, 1.82) is 0 Å². The fraction of sp³-hybridized carbons (Fsp3) is 0.538. The highest BCUT2D eigenvalue weighted by Gasteiger charge is 2.35. The van der Waals surface area contributed by atoms with E-state index in [1.54, 1.807) is 0 Å². The maximum atomic E-state index is 5.94. The lowest BCUT2D eigenvalue weighted by atomic mass is 9.97. The van der Waals surface area contributed by atoms with E-state index >= 15 is 0 Å². The molecule has 0 aromatic heterocycles. The molecule has 1 aliphatic heterocycles. The molecule has 0 amide bonds. The number of nitrogens with zero attached hydrogens (tertiary/aromatic N) is 1. The Labute approximate surface area is 97.6 Å². The van der Waals surface area contributed by atoms with E-state index in [-0.39, 0.29) is 5.54 Å². The van der Waals surface area contributed by atoms with E-state index in [9.17, 15) is 0 Å². The third kappa shape index (κ3) is 2.20. The second-order valence-electron chi connectivity index (χ2n) is 4.91. The number of likely N-dealkylation sites (tertiary alicyclic amines) is 1. The van der Waals surface area contributed by atoms with Crippen molar-refractivity contribution in [3.05, 3.63) is 29.8 Å². The van der Waals surface area contributed by atoms with Gasteiger partial charge >= 0.3 is 0 Å². The number of para-hydroxylation sites is 1. The van der Waals surface area contributed by atoms with Crippen LogP contribution in [0.15, 0.2) is 24.3 Å². The normalized spacial score (nSPS) is 25.9. The third-order valence-corrected chi connectivity index (χ3v) is 3.48. The molecular formula is C13H21N3. The van der Waals surface area contributed by atoms with E-state index in [4.69, 9.17) is 5.73 Å². The molecule has 1 heterocycles. The predicted octanol–water partition coefficient (Wildman–Crippen LogP) is 1.44. The number of hydrogen-bond donors (Lipinski definition) is 2. The summed E-state index contributed by atoms with van der Waals surface area (Å²) in [7, 11) is 2.15. The molecule has 1 saturated heterocycles. The van der Waals surface area contributed by atoms with Gasteiger partial charge in [-0.25, -0.2) is 0 Å². The van der Waals surface area contributed by atoms with Crippen molar-refractivity contribution in [2.75, 3.05) is 32.0 Å². The zero-order valence-corrected chi connectivity index (χ0v) is 10.2. The molecule has 1 aliphatic rings. The molecule has 3 N–H and O–H groups in total. The molecule has 1 unspecified atom stereocenters. The van der Waals surface area contributed by atoms with E-state index in [1.165, 1.54) is 11.3 Å². The Morgan fingerprint density at radius 1 is 1.44 bits per heavy atom. The lowest BCUT2D eigenvalue weighted by molar-refractivity contribution is 0.385. The van der Waals surface area contributed by atoms with Gasteiger partial charge in [0.1, 0.15) is 0 Å². The van der Waals surface area contributed by atoms with Crippen LogP contribution in [0.2, 0.25) is 0 Å². The van der Waals surface area contributed by atoms with Crippen molar-refractivity contribution in [2.24, 2.45) is 5.73 Å². The number of hydrogen-bond acceptors (Lipinski definition) is 3. The maximum absolute atomic E-state index is 5.94. The molecule has 1 fully saturated rings. The Morgan fingerprint density at radius 2 is 2.19 bits per heavy atom. The van der Waals surface area contributed by atoms with Gasteiger partial charge in [-0.1, -0.05) is 18.2 Å². The first kappa shape index (κ1) is 11.4. The fourth-order valence-corrected chi connectivity index (χ4v) is 2.40. The minimum absolute atomic E-state index is 0.0564. The molecule has 3 nitrogen and oxygen atoms in total. The van der Waals surface area contributed by atoms with Gasteiger partial charge in [0, 0.05) is 25.3 Å². The number of aryl methyl sites for hydroxylation is 1. The Morgan fingerprint density at radius 3 is 2.75 bits per heavy atom. The van der Waals surface area contributed by atoms with Crippen LogP contribution < -0.4 is 11.1 Å². The van der Waals surface area contributed by atoms with E-state index in [0.717, 1.165) is 19.5 Å². The summed E-state index contributed by atoms with van der Waals surface area (Å²) in [6.45, 7) is 4.96. The largest absolute Gasteiger partial charge is 0.377 e. The van der Waals surface area contributed by atoms with Gasteiger partial charge in [0.2, 0.25) is 0 Å². The number of anilines is 1. The van der Waals surface area contributed by atoms with Gasteiger partial charge in [0.25, 0.3) is 0 Å². The highest BCUT2D eigenvalue weighted by Crippen LogP contribution is 2.26. The highest BCUT2D eigenvalue weighted by atomic mass is 15.2. The minimum Gasteiger partial charge on any atom is -0.377 e. The predicted molar refractivity (Wildman–Crippen MR) is 68.7 cm³/mol. The van der Waals surface area contributed by atoms with E-state index in [1.807, 2.05) is 0 Å². The summed E-state index contributed by atoms with van der Waals surface area (Å²) in [6.07, 6.45) is 1.12. The summed E-state index contributed by atoms with van der Waals surface area (Å²) in [6, 6.07) is 8.39. The number of benzene rings is 1. The first-order valence-corrected chi connectivity index (χ1v) is 5.88. The molecule has 0 bridgehead atoms. The summed E-state index contributed by atoms with van der Waals surface area (Å²) in [4.78, 5) is 2.33. The quantitative estimate of drug-likeness (QED) is 0.808. The van der Waals surface area contributed by atoms with Gasteiger partial charge in [-0.15, -0.1) is 0 Å². The molecule has 0 saturated carbocycles. The fourth-order valence-electron chi connectivity index (χ4n) is 2.40. The molecule has 2 rings (SSSR count). The summed E-state index contributed by atoms with van der Waals surface area (Å²) >= 11 is 0. The molecule has 88 valence electrons. The molecule has 0 radical (unpaired) electrons. The molecule has 3 heteroatoms. The van der Waals surface area contributed by atoms with E-state index < -0.39 is 0 Å². The van der Waals surface area contributed by atoms with Crippen molar-refractivity contribution in [2.45, 2.75) is 18.9 Å². The zero-order chi connectivity index (χ0) is 11.6. The number of rotatable bonds is 3. The second-order valence-corrected chi connectivity index (χ2v) is 4.91. The van der Waals surface area contributed by atoms with Crippen molar-refractivity contribution in [1.82, 2.24) is 4.90 Å². The second kappa shape index (κ2) is 4.44. The first-order valence-electron chi connectivity index (χ1n) is 5.88. The van der Waals surface area contributed by atoms with Crippen LogP contribution in [0.1, 0.15) is 12.0 Å². The van der Waals surface area contributed by atoms with Crippen LogP contribution in [0.25, 0.3) is 0 Å². The van der Waals surface area contributed by atoms with Crippen molar-refractivity contribution < 1.29 is 0 Å². The molecule has 1 aromatic rings. The average molecular weight is 219 g/mol. The van der Waals surface area contributed by atoms with Crippen molar-refractivity contribution in [3.63, 3.8) is 0 Å². The third-order valence-electron chi connectivity index (χ3n) is 3.48. The Hall–Kier alpha value is -1.06. The number of nitrogens with one attached hydrogen (secondary N) is 1. The van der Waals surface area contributed by atoms with Crippen LogP contribution in [0.4, 0.5) is 5.69 Å². The van der Waals surface area contributed by atoms with Crippen LogP contribution in [-0.2, 0) is 0 Å². The van der Waals surface area contributed by atoms with Gasteiger partial charge < -0.3 is 16.0 Å². The molecule has 0 spiro atoms. The maximum Gasteiger partial charge on any atom is 0.0634 e. The van der Waals surface area contributed by atoms with Gasteiger partial charge in [0.15, 0.2) is 0 Å². The van der Waals surface area contributed by atoms with E-state index in [0.29, 0.717) is 6.54 Å². The molecule has 1 aromatic carbocycles. The molecule has 0 aliphatic carbocycles. The standard InChI is InChI=1S/C13H21N3/c1-11-5-3-4-6-12(11)15-13(9-14)7-8-16(2)10-13/h3-6,15H,7-10,14H2,1-2H3.